The summed E-state index contributed by atoms with van der Waals surface area (Å²) in [4.78, 5) is 9.79. The molecule has 2 aliphatic rings. The third-order valence-corrected chi connectivity index (χ3v) is 7.91. The van der Waals surface area contributed by atoms with E-state index in [1.165, 1.54) is 89.9 Å². The van der Waals surface area contributed by atoms with Gasteiger partial charge in [0.2, 0.25) is 0 Å². The smallest absolute Gasteiger partial charge is 0.0822 e. The average Bonchev–Trinajstić information content (AvgIpc) is 2.74. The van der Waals surface area contributed by atoms with Gasteiger partial charge in [0.25, 0.3) is 0 Å². The zero-order valence-corrected chi connectivity index (χ0v) is 18.9. The van der Waals surface area contributed by atoms with Crippen molar-refractivity contribution >= 4 is 0 Å². The molecule has 2 saturated carbocycles. The van der Waals surface area contributed by atoms with E-state index in [1.54, 1.807) is 7.11 Å². The van der Waals surface area contributed by atoms with E-state index in [0.717, 1.165) is 42.4 Å². The standard InChI is InChI=1S/C25H48O3/c1-3-4-5-8-21-11-13-23(14-12-21)25-17-15-24(16-18-25)22(9-6-19-26)10-7-20-28-27-2/h21-26H,3-20H2,1-2H3. The molecule has 0 aromatic heterocycles. The van der Waals surface area contributed by atoms with Gasteiger partial charge in [0.15, 0.2) is 0 Å². The van der Waals surface area contributed by atoms with Crippen LogP contribution >= 0.6 is 0 Å². The Morgan fingerprint density at radius 1 is 0.821 bits per heavy atom. The second-order valence-electron chi connectivity index (χ2n) is 9.71. The Balaban J connectivity index is 1.68. The highest BCUT2D eigenvalue weighted by Gasteiger charge is 2.32. The Hall–Kier alpha value is -0.120. The van der Waals surface area contributed by atoms with Gasteiger partial charge in [-0.3, -0.25) is 0 Å². The lowest BCUT2D eigenvalue weighted by atomic mass is 9.66. The molecule has 1 N–H and O–H groups in total. The fourth-order valence-electron chi connectivity index (χ4n) is 6.18. The van der Waals surface area contributed by atoms with Gasteiger partial charge in [0.05, 0.1) is 13.7 Å². The van der Waals surface area contributed by atoms with Crippen LogP contribution in [-0.2, 0) is 9.78 Å². The van der Waals surface area contributed by atoms with Gasteiger partial charge in [-0.2, -0.15) is 0 Å². The first-order valence-corrected chi connectivity index (χ1v) is 12.5. The van der Waals surface area contributed by atoms with Crippen LogP contribution in [0, 0.1) is 29.6 Å². The van der Waals surface area contributed by atoms with Crippen LogP contribution in [0.4, 0.5) is 0 Å². The summed E-state index contributed by atoms with van der Waals surface area (Å²) in [5.74, 6) is 4.70. The second-order valence-corrected chi connectivity index (χ2v) is 9.71. The van der Waals surface area contributed by atoms with Crippen molar-refractivity contribution in [1.82, 2.24) is 0 Å². The average molecular weight is 397 g/mol. The molecule has 0 heterocycles. The first-order chi connectivity index (χ1) is 13.8. The van der Waals surface area contributed by atoms with Crippen LogP contribution in [0.1, 0.15) is 110 Å². The predicted molar refractivity (Wildman–Crippen MR) is 117 cm³/mol. The highest BCUT2D eigenvalue weighted by atomic mass is 17.2. The highest BCUT2D eigenvalue weighted by Crippen LogP contribution is 2.44. The Labute approximate surface area is 174 Å². The van der Waals surface area contributed by atoms with E-state index in [2.05, 4.69) is 6.92 Å². The Kier molecular flexibility index (Phi) is 12.8. The SMILES string of the molecule is CCCCCC1CCC(C2CCC(C(CCCO)CCCOOC)CC2)CC1. The number of rotatable bonds is 14. The minimum absolute atomic E-state index is 0.335. The van der Waals surface area contributed by atoms with Gasteiger partial charge in [0.1, 0.15) is 0 Å². The molecular formula is C25H48O3. The lowest BCUT2D eigenvalue weighted by molar-refractivity contribution is -0.273. The van der Waals surface area contributed by atoms with Gasteiger partial charge in [-0.05, 0) is 93.8 Å². The molecule has 0 aromatic carbocycles. The molecule has 2 fully saturated rings. The van der Waals surface area contributed by atoms with Crippen molar-refractivity contribution in [2.75, 3.05) is 20.3 Å². The zero-order valence-electron chi connectivity index (χ0n) is 18.9. The monoisotopic (exact) mass is 396 g/mol. The van der Waals surface area contributed by atoms with E-state index in [9.17, 15) is 5.11 Å². The molecule has 166 valence electrons. The molecule has 1 unspecified atom stereocenters. The van der Waals surface area contributed by atoms with Crippen LogP contribution in [0.15, 0.2) is 0 Å². The summed E-state index contributed by atoms with van der Waals surface area (Å²) in [7, 11) is 1.59. The third kappa shape index (κ3) is 8.71. The summed E-state index contributed by atoms with van der Waals surface area (Å²) in [5, 5.41) is 9.28. The van der Waals surface area contributed by atoms with Gasteiger partial charge >= 0.3 is 0 Å². The Bertz CT molecular complexity index is 357. The number of hydrogen-bond donors (Lipinski definition) is 1. The number of aliphatic hydroxyl groups is 1. The molecule has 0 amide bonds. The number of unbranched alkanes of at least 4 members (excludes halogenated alkanes) is 2. The molecule has 0 radical (unpaired) electrons. The van der Waals surface area contributed by atoms with Gasteiger partial charge in [-0.15, -0.1) is 0 Å². The van der Waals surface area contributed by atoms with E-state index in [4.69, 9.17) is 9.78 Å². The van der Waals surface area contributed by atoms with E-state index >= 15 is 0 Å². The van der Waals surface area contributed by atoms with Crippen molar-refractivity contribution in [3.05, 3.63) is 0 Å². The molecular weight excluding hydrogens is 348 g/mol. The maximum Gasteiger partial charge on any atom is 0.0822 e. The van der Waals surface area contributed by atoms with Gasteiger partial charge in [-0.1, -0.05) is 45.4 Å². The predicted octanol–water partition coefficient (Wildman–Crippen LogP) is 6.93. The van der Waals surface area contributed by atoms with E-state index < -0.39 is 0 Å². The van der Waals surface area contributed by atoms with Crippen molar-refractivity contribution in [2.45, 2.75) is 110 Å². The lowest BCUT2D eigenvalue weighted by Gasteiger charge is -2.40. The van der Waals surface area contributed by atoms with Crippen LogP contribution in [0.25, 0.3) is 0 Å². The van der Waals surface area contributed by atoms with E-state index in [1.807, 2.05) is 0 Å². The van der Waals surface area contributed by atoms with Crippen LogP contribution < -0.4 is 0 Å². The largest absolute Gasteiger partial charge is 0.396 e. The first-order valence-electron chi connectivity index (χ1n) is 12.5. The fourth-order valence-corrected chi connectivity index (χ4v) is 6.18. The molecule has 0 aromatic rings. The molecule has 3 nitrogen and oxygen atoms in total. The first kappa shape index (κ1) is 24.2. The van der Waals surface area contributed by atoms with Gasteiger partial charge in [0, 0.05) is 6.61 Å². The van der Waals surface area contributed by atoms with Crippen molar-refractivity contribution < 1.29 is 14.9 Å². The molecule has 0 aliphatic heterocycles. The molecule has 2 rings (SSSR count). The van der Waals surface area contributed by atoms with E-state index in [-0.39, 0.29) is 0 Å². The lowest BCUT2D eigenvalue weighted by Crippen LogP contribution is -2.28. The minimum atomic E-state index is 0.335. The number of aliphatic hydroxyl groups excluding tert-OH is 1. The summed E-state index contributed by atoms with van der Waals surface area (Å²) in [6.07, 6.45) is 22.0. The van der Waals surface area contributed by atoms with Crippen LogP contribution in [0.3, 0.4) is 0 Å². The fraction of sp³-hybridized carbons (Fsp3) is 1.00. The summed E-state index contributed by atoms with van der Waals surface area (Å²) in [6, 6.07) is 0. The molecule has 0 bridgehead atoms. The Morgan fingerprint density at radius 2 is 1.46 bits per heavy atom. The van der Waals surface area contributed by atoms with Gasteiger partial charge in [-0.25, -0.2) is 9.78 Å². The van der Waals surface area contributed by atoms with Crippen molar-refractivity contribution in [3.63, 3.8) is 0 Å². The third-order valence-electron chi connectivity index (χ3n) is 7.91. The maximum absolute atomic E-state index is 9.28. The summed E-state index contributed by atoms with van der Waals surface area (Å²) < 4.78 is 0. The quantitative estimate of drug-likeness (QED) is 0.197. The number of hydrogen-bond acceptors (Lipinski definition) is 3. The highest BCUT2D eigenvalue weighted by molar-refractivity contribution is 4.84. The molecule has 3 heteroatoms. The van der Waals surface area contributed by atoms with Crippen LogP contribution in [0.5, 0.6) is 0 Å². The summed E-state index contributed by atoms with van der Waals surface area (Å²) in [5.41, 5.74) is 0. The van der Waals surface area contributed by atoms with Crippen molar-refractivity contribution in [2.24, 2.45) is 29.6 Å². The summed E-state index contributed by atoms with van der Waals surface area (Å²) in [6.45, 7) is 3.35. The molecule has 1 atom stereocenters. The molecule has 2 aliphatic carbocycles. The van der Waals surface area contributed by atoms with E-state index in [0.29, 0.717) is 13.2 Å². The van der Waals surface area contributed by atoms with Gasteiger partial charge < -0.3 is 5.11 Å². The Morgan fingerprint density at radius 3 is 2.07 bits per heavy atom. The zero-order chi connectivity index (χ0) is 20.0. The van der Waals surface area contributed by atoms with Crippen LogP contribution in [-0.4, -0.2) is 25.4 Å². The normalized spacial score (nSPS) is 29.7. The summed E-state index contributed by atoms with van der Waals surface area (Å²) >= 11 is 0. The minimum Gasteiger partial charge on any atom is -0.396 e. The second kappa shape index (κ2) is 14.8. The van der Waals surface area contributed by atoms with Crippen LogP contribution in [0.2, 0.25) is 0 Å². The van der Waals surface area contributed by atoms with Crippen molar-refractivity contribution in [1.29, 1.82) is 0 Å². The molecule has 28 heavy (non-hydrogen) atoms. The topological polar surface area (TPSA) is 38.7 Å². The maximum atomic E-state index is 9.28. The van der Waals surface area contributed by atoms with Crippen molar-refractivity contribution in [3.8, 4) is 0 Å². The molecule has 0 spiro atoms. The molecule has 0 saturated heterocycles.